The highest BCUT2D eigenvalue weighted by molar-refractivity contribution is 7.89. The Labute approximate surface area is 188 Å². The number of hydrogen-bond acceptors (Lipinski definition) is 4. The highest BCUT2D eigenvalue weighted by Gasteiger charge is 2.29. The summed E-state index contributed by atoms with van der Waals surface area (Å²) in [7, 11) is -3.57. The molecule has 1 aliphatic heterocycles. The lowest BCUT2D eigenvalue weighted by atomic mass is 9.95. The van der Waals surface area contributed by atoms with Crippen LogP contribution in [0.2, 0.25) is 0 Å². The van der Waals surface area contributed by atoms with Gasteiger partial charge in [-0.3, -0.25) is 9.59 Å². The van der Waals surface area contributed by atoms with Crippen LogP contribution >= 0.6 is 0 Å². The molecule has 2 aromatic carbocycles. The molecule has 1 saturated carbocycles. The molecule has 2 N–H and O–H groups in total. The number of sulfonamides is 1. The third kappa shape index (κ3) is 5.83. The van der Waals surface area contributed by atoms with Gasteiger partial charge in [-0.1, -0.05) is 36.4 Å². The first-order chi connectivity index (χ1) is 15.4. The molecule has 2 amide bonds. The molecule has 8 heteroatoms. The quantitative estimate of drug-likeness (QED) is 0.630. The van der Waals surface area contributed by atoms with Gasteiger partial charge < -0.3 is 10.2 Å². The van der Waals surface area contributed by atoms with Crippen molar-refractivity contribution in [1.29, 1.82) is 0 Å². The Bertz CT molecular complexity index is 1100. The van der Waals surface area contributed by atoms with Gasteiger partial charge in [0.2, 0.25) is 21.8 Å². The zero-order valence-electron chi connectivity index (χ0n) is 17.7. The Hall–Kier alpha value is -2.97. The largest absolute Gasteiger partial charge is 0.339 e. The highest BCUT2D eigenvalue weighted by Crippen LogP contribution is 2.24. The second kappa shape index (κ2) is 9.67. The summed E-state index contributed by atoms with van der Waals surface area (Å²) < 4.78 is 27.4. The Morgan fingerprint density at radius 3 is 2.34 bits per heavy atom. The number of amides is 2. The highest BCUT2D eigenvalue weighted by atomic mass is 32.2. The van der Waals surface area contributed by atoms with Gasteiger partial charge in [0.25, 0.3) is 0 Å². The van der Waals surface area contributed by atoms with Gasteiger partial charge in [0, 0.05) is 36.8 Å². The summed E-state index contributed by atoms with van der Waals surface area (Å²) in [5.41, 5.74) is 1.42. The lowest BCUT2D eigenvalue weighted by Crippen LogP contribution is -2.40. The van der Waals surface area contributed by atoms with E-state index in [2.05, 4.69) is 10.0 Å². The van der Waals surface area contributed by atoms with E-state index >= 15 is 0 Å². The lowest BCUT2D eigenvalue weighted by molar-refractivity contribution is -0.130. The van der Waals surface area contributed by atoms with Crippen molar-refractivity contribution in [2.24, 2.45) is 5.92 Å². The molecule has 0 unspecified atom stereocenters. The minimum Gasteiger partial charge on any atom is -0.339 e. The zero-order valence-corrected chi connectivity index (χ0v) is 18.6. The van der Waals surface area contributed by atoms with Gasteiger partial charge in [0.05, 0.1) is 4.90 Å². The van der Waals surface area contributed by atoms with Crippen LogP contribution in [-0.2, 0) is 19.6 Å². The lowest BCUT2D eigenvalue weighted by Gasteiger charge is -2.30. The molecule has 1 heterocycles. The molecule has 32 heavy (non-hydrogen) atoms. The first-order valence-electron chi connectivity index (χ1n) is 10.9. The van der Waals surface area contributed by atoms with Crippen molar-refractivity contribution in [2.45, 2.75) is 36.6 Å². The topological polar surface area (TPSA) is 95.6 Å². The molecule has 1 aliphatic carbocycles. The van der Waals surface area contributed by atoms with Gasteiger partial charge in [0.1, 0.15) is 0 Å². The minimum atomic E-state index is -3.57. The summed E-state index contributed by atoms with van der Waals surface area (Å²) in [4.78, 5) is 27.0. The van der Waals surface area contributed by atoms with E-state index in [0.717, 1.165) is 18.4 Å². The predicted octanol–water partition coefficient (Wildman–Crippen LogP) is 3.02. The summed E-state index contributed by atoms with van der Waals surface area (Å²) in [6.07, 6.45) is 6.21. The van der Waals surface area contributed by atoms with E-state index < -0.39 is 10.0 Å². The van der Waals surface area contributed by atoms with Crippen LogP contribution in [0, 0.1) is 5.92 Å². The fourth-order valence-corrected chi connectivity index (χ4v) is 5.02. The van der Waals surface area contributed by atoms with Crippen molar-refractivity contribution in [3.05, 3.63) is 66.2 Å². The Morgan fingerprint density at radius 2 is 1.66 bits per heavy atom. The van der Waals surface area contributed by atoms with E-state index in [1.165, 1.54) is 12.1 Å². The number of anilines is 1. The van der Waals surface area contributed by atoms with Crippen LogP contribution in [-0.4, -0.2) is 44.3 Å². The number of nitrogens with zero attached hydrogens (tertiary/aromatic N) is 1. The predicted molar refractivity (Wildman–Crippen MR) is 123 cm³/mol. The third-order valence-corrected chi connectivity index (χ3v) is 7.22. The fraction of sp³-hybridized carbons (Fsp3) is 0.333. The summed E-state index contributed by atoms with van der Waals surface area (Å²) in [6.45, 7) is 1.02. The van der Waals surface area contributed by atoms with Crippen LogP contribution < -0.4 is 10.0 Å². The Kier molecular flexibility index (Phi) is 6.72. The molecule has 0 bridgehead atoms. The van der Waals surface area contributed by atoms with Gasteiger partial charge in [-0.25, -0.2) is 13.1 Å². The second-order valence-electron chi connectivity index (χ2n) is 8.26. The van der Waals surface area contributed by atoms with E-state index in [0.29, 0.717) is 31.6 Å². The monoisotopic (exact) mass is 453 g/mol. The number of carbonyl (C=O) groups is 2. The summed E-state index contributed by atoms with van der Waals surface area (Å²) in [5.74, 6) is -0.433. The molecule has 0 atom stereocenters. The normalized spacial score (nSPS) is 17.4. The van der Waals surface area contributed by atoms with Crippen molar-refractivity contribution >= 4 is 33.6 Å². The van der Waals surface area contributed by atoms with Crippen LogP contribution in [0.1, 0.15) is 31.2 Å². The molecule has 7 nitrogen and oxygen atoms in total. The molecular weight excluding hydrogens is 426 g/mol. The average Bonchev–Trinajstić information content (AvgIpc) is 3.62. The molecule has 2 aromatic rings. The van der Waals surface area contributed by atoms with Gasteiger partial charge in [0.15, 0.2) is 0 Å². The van der Waals surface area contributed by atoms with E-state index in [1.807, 2.05) is 30.3 Å². The van der Waals surface area contributed by atoms with Gasteiger partial charge >= 0.3 is 0 Å². The maximum Gasteiger partial charge on any atom is 0.246 e. The number of nitrogens with one attached hydrogen (secondary N) is 2. The average molecular weight is 454 g/mol. The van der Waals surface area contributed by atoms with E-state index in [-0.39, 0.29) is 28.7 Å². The van der Waals surface area contributed by atoms with Crippen LogP contribution in [0.4, 0.5) is 5.69 Å². The standard InChI is InChI=1S/C24H27N3O4S/c28-23(12-9-18-5-2-1-3-6-18)27-15-13-19(14-16-27)24(29)25-21-7-4-8-22(17-21)32(30,31)26-20-10-11-20/h1-9,12,17,19-20,26H,10-11,13-16H2,(H,25,29)/b12-9+. The molecular formula is C24H27N3O4S. The SMILES string of the molecule is O=C(Nc1cccc(S(=O)(=O)NC2CC2)c1)C1CCN(C(=O)/C=C/c2ccccc2)CC1. The molecule has 2 fully saturated rings. The van der Waals surface area contributed by atoms with Crippen molar-refractivity contribution in [1.82, 2.24) is 9.62 Å². The van der Waals surface area contributed by atoms with E-state index in [1.54, 1.807) is 29.2 Å². The van der Waals surface area contributed by atoms with Crippen molar-refractivity contribution in [2.75, 3.05) is 18.4 Å². The first kappa shape index (κ1) is 22.2. The van der Waals surface area contributed by atoms with Crippen LogP contribution in [0.5, 0.6) is 0 Å². The van der Waals surface area contributed by atoms with Crippen molar-refractivity contribution in [3.8, 4) is 0 Å². The number of benzene rings is 2. The molecule has 168 valence electrons. The molecule has 1 saturated heterocycles. The fourth-order valence-electron chi connectivity index (χ4n) is 3.67. The number of piperidine rings is 1. The van der Waals surface area contributed by atoms with E-state index in [9.17, 15) is 18.0 Å². The second-order valence-corrected chi connectivity index (χ2v) is 9.97. The molecule has 0 spiro atoms. The van der Waals surface area contributed by atoms with Gasteiger partial charge in [-0.15, -0.1) is 0 Å². The summed E-state index contributed by atoms with van der Waals surface area (Å²) in [5, 5.41) is 2.84. The smallest absolute Gasteiger partial charge is 0.246 e. The molecule has 2 aliphatic rings. The Morgan fingerprint density at radius 1 is 0.938 bits per heavy atom. The maximum absolute atomic E-state index is 12.7. The zero-order chi connectivity index (χ0) is 22.6. The number of carbonyl (C=O) groups excluding carboxylic acids is 2. The molecule has 0 radical (unpaired) electrons. The minimum absolute atomic E-state index is 0.0219. The van der Waals surface area contributed by atoms with Gasteiger partial charge in [-0.2, -0.15) is 0 Å². The Balaban J connectivity index is 1.30. The molecule has 4 rings (SSSR count). The summed E-state index contributed by atoms with van der Waals surface area (Å²) >= 11 is 0. The number of hydrogen-bond donors (Lipinski definition) is 2. The van der Waals surface area contributed by atoms with Gasteiger partial charge in [-0.05, 0) is 55.5 Å². The summed E-state index contributed by atoms with van der Waals surface area (Å²) in [6, 6.07) is 16.0. The van der Waals surface area contributed by atoms with Crippen molar-refractivity contribution in [3.63, 3.8) is 0 Å². The maximum atomic E-state index is 12.7. The van der Waals surface area contributed by atoms with Crippen molar-refractivity contribution < 1.29 is 18.0 Å². The number of rotatable bonds is 7. The van der Waals surface area contributed by atoms with Crippen LogP contribution in [0.3, 0.4) is 0 Å². The third-order valence-electron chi connectivity index (χ3n) is 5.71. The van der Waals surface area contributed by atoms with Crippen LogP contribution in [0.15, 0.2) is 65.6 Å². The van der Waals surface area contributed by atoms with Crippen LogP contribution in [0.25, 0.3) is 6.08 Å². The first-order valence-corrected chi connectivity index (χ1v) is 12.3. The molecule has 0 aromatic heterocycles. The number of likely N-dealkylation sites (tertiary alicyclic amines) is 1. The van der Waals surface area contributed by atoms with E-state index in [4.69, 9.17) is 0 Å².